The van der Waals surface area contributed by atoms with E-state index in [0.29, 0.717) is 53.0 Å². The van der Waals surface area contributed by atoms with Crippen LogP contribution in [-0.4, -0.2) is 48.0 Å². The van der Waals surface area contributed by atoms with Gasteiger partial charge in [-0.2, -0.15) is 0 Å². The Balaban J connectivity index is 2.23. The molecule has 0 radical (unpaired) electrons. The van der Waals surface area contributed by atoms with Crippen molar-refractivity contribution in [3.8, 4) is 0 Å². The Morgan fingerprint density at radius 1 is 1.42 bits per heavy atom. The van der Waals surface area contributed by atoms with Crippen molar-refractivity contribution < 1.29 is 18.7 Å². The Kier molecular flexibility index (Phi) is 7.27. The van der Waals surface area contributed by atoms with Crippen LogP contribution in [0, 0.1) is 5.82 Å². The summed E-state index contributed by atoms with van der Waals surface area (Å²) in [4.78, 5) is 22.6. The average molecular weight is 475 g/mol. The Hall–Kier alpha value is -3.13. The maximum Gasteiger partial charge on any atom is 0.415 e. The topological polar surface area (TPSA) is 90.0 Å². The summed E-state index contributed by atoms with van der Waals surface area (Å²) >= 11 is 6.37. The van der Waals surface area contributed by atoms with Gasteiger partial charge in [-0.25, -0.2) is 14.2 Å². The number of hydrogen-bond acceptors (Lipinski definition) is 6. The molecule has 0 spiro atoms. The Bertz CT molecular complexity index is 1170. The van der Waals surface area contributed by atoms with Crippen LogP contribution in [0.4, 0.5) is 15.0 Å². The number of carbonyl (C=O) groups is 1. The molecule has 176 valence electrons. The quantitative estimate of drug-likeness (QED) is 0.584. The highest BCUT2D eigenvalue weighted by Crippen LogP contribution is 2.36. The van der Waals surface area contributed by atoms with Crippen molar-refractivity contribution in [3.05, 3.63) is 52.3 Å². The molecule has 1 amide bonds. The van der Waals surface area contributed by atoms with E-state index in [9.17, 15) is 4.79 Å². The van der Waals surface area contributed by atoms with Crippen LogP contribution in [-0.2, 0) is 9.47 Å². The first kappa shape index (κ1) is 24.5. The summed E-state index contributed by atoms with van der Waals surface area (Å²) in [6.07, 6.45) is 4.44. The molecule has 0 aliphatic carbocycles. The van der Waals surface area contributed by atoms with Gasteiger partial charge in [-0.1, -0.05) is 18.5 Å². The molecule has 0 fully saturated rings. The number of nitrogen functional groups attached to an aromatic ring is 1. The molecule has 2 N–H and O–H groups in total. The lowest BCUT2D eigenvalue weighted by molar-refractivity contribution is 0.0240. The number of aromatic nitrogens is 1. The fraction of sp³-hybridized carbons (Fsp3) is 0.375. The highest BCUT2D eigenvalue weighted by atomic mass is 35.5. The van der Waals surface area contributed by atoms with Gasteiger partial charge in [0, 0.05) is 36.0 Å². The highest BCUT2D eigenvalue weighted by molar-refractivity contribution is 6.36. The third-order valence-corrected chi connectivity index (χ3v) is 5.36. The van der Waals surface area contributed by atoms with Crippen molar-refractivity contribution in [1.29, 1.82) is 0 Å². The Morgan fingerprint density at radius 2 is 2.15 bits per heavy atom. The van der Waals surface area contributed by atoms with Gasteiger partial charge in [0.15, 0.2) is 0 Å². The number of anilines is 1. The largest absolute Gasteiger partial charge is 0.497 e. The predicted molar refractivity (Wildman–Crippen MR) is 130 cm³/mol. The molecule has 7 nitrogen and oxygen atoms in total. The van der Waals surface area contributed by atoms with Crippen LogP contribution in [0.2, 0.25) is 5.02 Å². The summed E-state index contributed by atoms with van der Waals surface area (Å²) in [6, 6.07) is 3.29. The molecule has 0 atom stereocenters. The molecule has 1 aromatic carbocycles. The van der Waals surface area contributed by atoms with E-state index in [0.717, 1.165) is 0 Å². The number of benzene rings is 1. The summed E-state index contributed by atoms with van der Waals surface area (Å²) in [5, 5.41) is 1.03. The summed E-state index contributed by atoms with van der Waals surface area (Å²) < 4.78 is 26.6. The van der Waals surface area contributed by atoms with Gasteiger partial charge in [0.25, 0.3) is 0 Å². The van der Waals surface area contributed by atoms with E-state index < -0.39 is 17.5 Å². The van der Waals surface area contributed by atoms with Gasteiger partial charge < -0.3 is 15.2 Å². The molecule has 33 heavy (non-hydrogen) atoms. The molecule has 0 saturated heterocycles. The van der Waals surface area contributed by atoms with E-state index in [1.807, 2.05) is 6.92 Å². The zero-order valence-corrected chi connectivity index (χ0v) is 20.2. The second-order valence-corrected chi connectivity index (χ2v) is 8.90. The number of carbonyl (C=O) groups excluding carboxylic acids is 1. The number of hydrogen-bond donors (Lipinski definition) is 1. The molecule has 3 rings (SSSR count). The Labute approximate surface area is 197 Å². The summed E-state index contributed by atoms with van der Waals surface area (Å²) in [5.74, 6) is -0.321. The molecular weight excluding hydrogens is 447 g/mol. The number of fused-ring (bicyclic) bond motifs is 1. The molecule has 9 heteroatoms. The maximum atomic E-state index is 15.5. The molecule has 0 unspecified atom stereocenters. The number of rotatable bonds is 4. The van der Waals surface area contributed by atoms with Crippen molar-refractivity contribution in [1.82, 2.24) is 9.88 Å². The Morgan fingerprint density at radius 3 is 2.79 bits per heavy atom. The average Bonchev–Trinajstić information content (AvgIpc) is 2.75. The van der Waals surface area contributed by atoms with E-state index in [2.05, 4.69) is 9.98 Å². The first-order valence-electron chi connectivity index (χ1n) is 10.6. The van der Waals surface area contributed by atoms with Gasteiger partial charge in [-0.15, -0.1) is 0 Å². The minimum absolute atomic E-state index is 0.0645. The minimum atomic E-state index is -0.670. The van der Waals surface area contributed by atoms with E-state index in [4.69, 9.17) is 26.8 Å². The number of ether oxygens (including phenoxy) is 2. The van der Waals surface area contributed by atoms with Crippen LogP contribution in [0.5, 0.6) is 0 Å². The molecule has 2 aromatic rings. The third-order valence-electron chi connectivity index (χ3n) is 4.99. The van der Waals surface area contributed by atoms with Gasteiger partial charge in [-0.05, 0) is 50.3 Å². The fourth-order valence-corrected chi connectivity index (χ4v) is 3.86. The predicted octanol–water partition coefficient (Wildman–Crippen LogP) is 5.58. The van der Waals surface area contributed by atoms with Crippen LogP contribution < -0.4 is 5.73 Å². The van der Waals surface area contributed by atoms with E-state index in [1.165, 1.54) is 17.4 Å². The van der Waals surface area contributed by atoms with Crippen molar-refractivity contribution in [2.75, 3.05) is 25.9 Å². The molecule has 2 heterocycles. The third kappa shape index (κ3) is 5.27. The number of allylic oxidation sites excluding steroid dienone is 2. The normalized spacial score (nSPS) is 15.4. The monoisotopic (exact) mass is 474 g/mol. The second kappa shape index (κ2) is 9.79. The molecule has 1 aliphatic heterocycles. The van der Waals surface area contributed by atoms with Crippen LogP contribution >= 0.6 is 11.6 Å². The van der Waals surface area contributed by atoms with Crippen LogP contribution in [0.15, 0.2) is 40.9 Å². The number of aliphatic imine (C=N–C) groups is 1. The first-order valence-corrected chi connectivity index (χ1v) is 11.0. The molecule has 1 aliphatic rings. The lowest BCUT2D eigenvalue weighted by Gasteiger charge is -2.32. The number of nitrogens with zero attached hydrogens (tertiary/aromatic N) is 3. The van der Waals surface area contributed by atoms with Gasteiger partial charge in [0.05, 0.1) is 17.3 Å². The second-order valence-electron chi connectivity index (χ2n) is 8.52. The van der Waals surface area contributed by atoms with Gasteiger partial charge in [0.1, 0.15) is 30.1 Å². The van der Waals surface area contributed by atoms with Crippen molar-refractivity contribution in [3.63, 3.8) is 0 Å². The maximum absolute atomic E-state index is 15.5. The lowest BCUT2D eigenvalue weighted by Crippen LogP contribution is -2.40. The van der Waals surface area contributed by atoms with Crippen LogP contribution in [0.25, 0.3) is 16.3 Å². The number of amides is 1. The smallest absolute Gasteiger partial charge is 0.415 e. The van der Waals surface area contributed by atoms with Crippen molar-refractivity contribution in [2.24, 2.45) is 4.99 Å². The number of pyridine rings is 1. The summed E-state index contributed by atoms with van der Waals surface area (Å²) in [7, 11) is 1.59. The molecule has 1 aromatic heterocycles. The number of nitrogens with two attached hydrogens (primary N) is 1. The van der Waals surface area contributed by atoms with E-state index in [1.54, 1.807) is 46.2 Å². The zero-order valence-electron chi connectivity index (χ0n) is 19.4. The van der Waals surface area contributed by atoms with E-state index in [-0.39, 0.29) is 10.6 Å². The fourth-order valence-electron chi connectivity index (χ4n) is 3.60. The first-order chi connectivity index (χ1) is 15.6. The SMILES string of the molecule is CC/C(C1=COCCN1C(=O)OC(C)(C)C)=C(/C=N\C)c1cc2cc(N)ncc2c(Cl)c1F. The van der Waals surface area contributed by atoms with Gasteiger partial charge in [-0.3, -0.25) is 9.89 Å². The summed E-state index contributed by atoms with van der Waals surface area (Å²) in [6.45, 7) is 7.92. The molecular formula is C24H28ClFN4O3. The van der Waals surface area contributed by atoms with Gasteiger partial charge in [0.2, 0.25) is 0 Å². The van der Waals surface area contributed by atoms with Crippen LogP contribution in [0.3, 0.4) is 0 Å². The van der Waals surface area contributed by atoms with Gasteiger partial charge >= 0.3 is 6.09 Å². The zero-order chi connectivity index (χ0) is 24.3. The van der Waals surface area contributed by atoms with Crippen molar-refractivity contribution >= 4 is 46.1 Å². The number of halogens is 2. The summed E-state index contributed by atoms with van der Waals surface area (Å²) in [5.41, 5.74) is 7.01. The highest BCUT2D eigenvalue weighted by Gasteiger charge is 2.30. The van der Waals surface area contributed by atoms with Crippen molar-refractivity contribution in [2.45, 2.75) is 39.7 Å². The van der Waals surface area contributed by atoms with Crippen LogP contribution in [0.1, 0.15) is 39.7 Å². The lowest BCUT2D eigenvalue weighted by atomic mass is 9.94. The minimum Gasteiger partial charge on any atom is -0.497 e. The molecule has 0 bridgehead atoms. The standard InChI is InChI=1S/C24H28ClFN4O3/c1-6-15(19-13-32-8-7-30(19)23(31)33-24(2,3)4)18(11-28-5)16-9-14-10-20(27)29-12-17(14)21(25)22(16)26/h9-13H,6-8H2,1-5H3,(H2,27,29)/b18-15+,28-11-. The molecule has 0 saturated carbocycles. The van der Waals surface area contributed by atoms with E-state index >= 15 is 4.39 Å².